The van der Waals surface area contributed by atoms with Gasteiger partial charge in [-0.2, -0.15) is 13.2 Å². The Balaban J connectivity index is 1.77. The molecule has 1 aliphatic rings. The summed E-state index contributed by atoms with van der Waals surface area (Å²) >= 11 is 1.05. The van der Waals surface area contributed by atoms with Crippen LogP contribution in [-0.2, 0) is 17.5 Å². The summed E-state index contributed by atoms with van der Waals surface area (Å²) in [6.07, 6.45) is 2.07. The van der Waals surface area contributed by atoms with E-state index in [-0.39, 0.29) is 35.1 Å². The van der Waals surface area contributed by atoms with Crippen molar-refractivity contribution in [2.75, 3.05) is 11.4 Å². The van der Waals surface area contributed by atoms with E-state index in [4.69, 9.17) is 11.2 Å². The molecule has 1 unspecified atom stereocenters. The number of hydrogen-bond donors (Lipinski definition) is 0. The molecule has 37 heavy (non-hydrogen) atoms. The van der Waals surface area contributed by atoms with Crippen LogP contribution >= 0.6 is 11.3 Å². The van der Waals surface area contributed by atoms with Gasteiger partial charge in [0.25, 0.3) is 5.91 Å². The van der Waals surface area contributed by atoms with Gasteiger partial charge in [-0.3, -0.25) is 19.5 Å². The lowest BCUT2D eigenvalue weighted by Gasteiger charge is -2.29. The number of pyridine rings is 1. The second-order valence-electron chi connectivity index (χ2n) is 8.62. The van der Waals surface area contributed by atoms with E-state index < -0.39 is 35.7 Å². The van der Waals surface area contributed by atoms with Crippen LogP contribution in [0.4, 0.5) is 18.9 Å². The molecule has 1 fully saturated rings. The highest BCUT2D eigenvalue weighted by atomic mass is 32.1. The zero-order valence-corrected chi connectivity index (χ0v) is 20.8. The van der Waals surface area contributed by atoms with Crippen molar-refractivity contribution in [1.29, 1.82) is 0 Å². The van der Waals surface area contributed by atoms with Crippen LogP contribution in [0.25, 0.3) is 0 Å². The van der Waals surface area contributed by atoms with Crippen molar-refractivity contribution in [3.8, 4) is 18.1 Å². The van der Waals surface area contributed by atoms with Crippen molar-refractivity contribution in [1.82, 2.24) is 14.9 Å². The standard InChI is InChI=1S/C26H23F3N4O3S/c1-4-23-31-21(15-37-23)24(34)33(19-11-17(26(27,28)29)12-20(13-19)36-16(2)3)22-8-10-32(25(22)35)14-18-7-5-6-9-30-18/h1,5-7,9,11-13,15-16,22H,8,10,14H2,2-3H3. The van der Waals surface area contributed by atoms with Gasteiger partial charge in [-0.05, 0) is 50.5 Å². The topological polar surface area (TPSA) is 75.6 Å². The van der Waals surface area contributed by atoms with Crippen molar-refractivity contribution >= 4 is 28.8 Å². The predicted octanol–water partition coefficient (Wildman–Crippen LogP) is 4.77. The molecule has 2 amide bonds. The number of alkyl halides is 3. The molecular formula is C26H23F3N4O3S. The minimum atomic E-state index is -4.71. The minimum absolute atomic E-state index is 0.0577. The molecule has 0 aliphatic carbocycles. The van der Waals surface area contributed by atoms with E-state index in [9.17, 15) is 22.8 Å². The monoisotopic (exact) mass is 528 g/mol. The van der Waals surface area contributed by atoms with Crippen molar-refractivity contribution in [2.45, 2.75) is 45.1 Å². The van der Waals surface area contributed by atoms with Gasteiger partial charge in [0.1, 0.15) is 17.5 Å². The van der Waals surface area contributed by atoms with Gasteiger partial charge in [0.2, 0.25) is 5.91 Å². The number of ether oxygens (including phenoxy) is 1. The highest BCUT2D eigenvalue weighted by Crippen LogP contribution is 2.37. The molecule has 1 saturated heterocycles. The minimum Gasteiger partial charge on any atom is -0.491 e. The molecule has 0 radical (unpaired) electrons. The Morgan fingerprint density at radius 3 is 2.73 bits per heavy atom. The maximum Gasteiger partial charge on any atom is 0.416 e. The van der Waals surface area contributed by atoms with Gasteiger partial charge < -0.3 is 9.64 Å². The molecule has 0 N–H and O–H groups in total. The molecule has 7 nitrogen and oxygen atoms in total. The van der Waals surface area contributed by atoms with Gasteiger partial charge in [0.05, 0.1) is 23.9 Å². The van der Waals surface area contributed by atoms with Crippen LogP contribution in [0.3, 0.4) is 0 Å². The number of terminal acetylenes is 1. The van der Waals surface area contributed by atoms with Crippen molar-refractivity contribution in [3.63, 3.8) is 0 Å². The number of nitrogens with zero attached hydrogens (tertiary/aromatic N) is 4. The summed E-state index contributed by atoms with van der Waals surface area (Å²) in [6, 6.07) is 7.30. The third-order valence-corrected chi connectivity index (χ3v) is 6.37. The largest absolute Gasteiger partial charge is 0.491 e. The molecule has 0 bridgehead atoms. The number of likely N-dealkylation sites (tertiary alicyclic amines) is 1. The number of benzene rings is 1. The first-order chi connectivity index (χ1) is 17.6. The fourth-order valence-corrected chi connectivity index (χ4v) is 4.63. The molecule has 192 valence electrons. The third-order valence-electron chi connectivity index (χ3n) is 5.59. The Hall–Kier alpha value is -3.91. The van der Waals surface area contributed by atoms with Crippen LogP contribution in [-0.4, -0.2) is 45.4 Å². The third kappa shape index (κ3) is 5.91. The summed E-state index contributed by atoms with van der Waals surface area (Å²) in [5.74, 6) is 1.13. The van der Waals surface area contributed by atoms with Crippen LogP contribution in [0.1, 0.15) is 47.0 Å². The smallest absolute Gasteiger partial charge is 0.416 e. The van der Waals surface area contributed by atoms with Crippen LogP contribution in [0, 0.1) is 12.3 Å². The number of halogens is 3. The maximum absolute atomic E-state index is 13.8. The highest BCUT2D eigenvalue weighted by molar-refractivity contribution is 7.10. The zero-order valence-electron chi connectivity index (χ0n) is 20.0. The molecule has 11 heteroatoms. The van der Waals surface area contributed by atoms with Gasteiger partial charge in [-0.15, -0.1) is 17.8 Å². The predicted molar refractivity (Wildman–Crippen MR) is 132 cm³/mol. The number of anilines is 1. The summed E-state index contributed by atoms with van der Waals surface area (Å²) in [4.78, 5) is 38.1. The fourth-order valence-electron chi connectivity index (χ4n) is 4.03. The SMILES string of the molecule is C#Cc1nc(C(=O)N(c2cc(OC(C)C)cc(C(F)(F)F)c2)C2CCN(Cc3ccccn3)C2=O)cs1. The second-order valence-corrected chi connectivity index (χ2v) is 9.48. The molecule has 1 atom stereocenters. The van der Waals surface area contributed by atoms with E-state index in [1.165, 1.54) is 16.3 Å². The molecule has 3 aromatic rings. The summed E-state index contributed by atoms with van der Waals surface area (Å²) in [6.45, 7) is 3.86. The van der Waals surface area contributed by atoms with Crippen LogP contribution in [0.5, 0.6) is 5.75 Å². The summed E-state index contributed by atoms with van der Waals surface area (Å²) in [7, 11) is 0. The van der Waals surface area contributed by atoms with Crippen LogP contribution < -0.4 is 9.64 Å². The fraction of sp³-hybridized carbons (Fsp3) is 0.308. The average molecular weight is 529 g/mol. The summed E-state index contributed by atoms with van der Waals surface area (Å²) in [5.41, 5.74) is -0.530. The molecule has 1 aromatic carbocycles. The first-order valence-electron chi connectivity index (χ1n) is 11.4. The number of rotatable bonds is 7. The van der Waals surface area contributed by atoms with Gasteiger partial charge in [0.15, 0.2) is 5.01 Å². The van der Waals surface area contributed by atoms with Crippen molar-refractivity contribution in [2.24, 2.45) is 0 Å². The van der Waals surface area contributed by atoms with E-state index in [1.807, 2.05) is 0 Å². The molecule has 0 saturated carbocycles. The lowest BCUT2D eigenvalue weighted by atomic mass is 10.1. The van der Waals surface area contributed by atoms with Crippen molar-refractivity contribution < 1.29 is 27.5 Å². The van der Waals surface area contributed by atoms with Gasteiger partial charge >= 0.3 is 6.18 Å². The number of thiazole rings is 1. The summed E-state index contributed by atoms with van der Waals surface area (Å²) < 4.78 is 47.0. The first-order valence-corrected chi connectivity index (χ1v) is 12.3. The van der Waals surface area contributed by atoms with Gasteiger partial charge in [-0.1, -0.05) is 6.07 Å². The molecule has 2 aromatic heterocycles. The van der Waals surface area contributed by atoms with E-state index >= 15 is 0 Å². The number of amides is 2. The van der Waals surface area contributed by atoms with E-state index in [1.54, 1.807) is 38.2 Å². The van der Waals surface area contributed by atoms with Crippen molar-refractivity contribution in [3.05, 3.63) is 69.9 Å². The van der Waals surface area contributed by atoms with E-state index in [0.717, 1.165) is 28.4 Å². The molecular weight excluding hydrogens is 505 g/mol. The number of hydrogen-bond acceptors (Lipinski definition) is 6. The molecule has 1 aliphatic heterocycles. The first kappa shape index (κ1) is 26.2. The highest BCUT2D eigenvalue weighted by Gasteiger charge is 2.41. The van der Waals surface area contributed by atoms with Crippen LogP contribution in [0.15, 0.2) is 48.0 Å². The molecule has 0 spiro atoms. The number of carbonyl (C=O) groups excluding carboxylic acids is 2. The quantitative estimate of drug-likeness (QED) is 0.413. The molecule has 4 rings (SSSR count). The van der Waals surface area contributed by atoms with Crippen LogP contribution in [0.2, 0.25) is 0 Å². The number of carbonyl (C=O) groups is 2. The Kier molecular flexibility index (Phi) is 7.50. The lowest BCUT2D eigenvalue weighted by Crippen LogP contribution is -2.45. The average Bonchev–Trinajstić information content (AvgIpc) is 3.47. The Bertz CT molecular complexity index is 1330. The normalized spacial score (nSPS) is 15.6. The van der Waals surface area contributed by atoms with E-state index in [2.05, 4.69) is 15.9 Å². The summed E-state index contributed by atoms with van der Waals surface area (Å²) in [5, 5.41) is 1.67. The van der Waals surface area contributed by atoms with E-state index in [0.29, 0.717) is 12.2 Å². The Morgan fingerprint density at radius 2 is 2.11 bits per heavy atom. The van der Waals surface area contributed by atoms with Gasteiger partial charge in [-0.25, -0.2) is 4.98 Å². The number of aromatic nitrogens is 2. The Labute approximate surface area is 215 Å². The second kappa shape index (κ2) is 10.6. The maximum atomic E-state index is 13.8. The Morgan fingerprint density at radius 1 is 1.32 bits per heavy atom. The van der Waals surface area contributed by atoms with Gasteiger partial charge in [0, 0.05) is 29.9 Å². The molecule has 3 heterocycles. The zero-order chi connectivity index (χ0) is 26.7. The lowest BCUT2D eigenvalue weighted by molar-refractivity contribution is -0.137.